The van der Waals surface area contributed by atoms with Crippen LogP contribution in [-0.2, 0) is 19.1 Å². The summed E-state index contributed by atoms with van der Waals surface area (Å²) in [5.41, 5.74) is 0.600. The summed E-state index contributed by atoms with van der Waals surface area (Å²) in [6.45, 7) is 1.42. The summed E-state index contributed by atoms with van der Waals surface area (Å²) in [7, 11) is 2.87. The normalized spacial score (nSPS) is 10.1. The molecule has 1 rings (SSSR count). The summed E-state index contributed by atoms with van der Waals surface area (Å²) in [5, 5.41) is 6.94. The van der Waals surface area contributed by atoms with Crippen molar-refractivity contribution in [3.05, 3.63) is 18.2 Å². The molecule has 0 saturated heterocycles. The van der Waals surface area contributed by atoms with E-state index in [1.54, 1.807) is 25.3 Å². The summed E-state index contributed by atoms with van der Waals surface area (Å²) in [5.74, 6) is 0.465. The maximum Gasteiger partial charge on any atom is 0.221 e. The van der Waals surface area contributed by atoms with Crippen LogP contribution in [0.15, 0.2) is 23.1 Å². The predicted molar refractivity (Wildman–Crippen MR) is 62.3 cm³/mol. The smallest absolute Gasteiger partial charge is 0.221 e. The first-order valence-corrected chi connectivity index (χ1v) is 5.41. The van der Waals surface area contributed by atoms with Crippen LogP contribution in [0.3, 0.4) is 0 Å². The van der Waals surface area contributed by atoms with Gasteiger partial charge in [-0.05, 0) is 18.2 Å². The minimum absolute atomic E-state index is 0.176. The maximum atomic E-state index is 11.0. The van der Waals surface area contributed by atoms with Gasteiger partial charge in [-0.2, -0.15) is 0 Å². The molecule has 0 aliphatic carbocycles. The van der Waals surface area contributed by atoms with Crippen molar-refractivity contribution < 1.29 is 23.8 Å². The number of amides is 1. The third-order valence-corrected chi connectivity index (χ3v) is 2.36. The van der Waals surface area contributed by atoms with Crippen LogP contribution in [-0.4, -0.2) is 20.1 Å². The van der Waals surface area contributed by atoms with E-state index in [-0.39, 0.29) is 5.91 Å². The Morgan fingerprint density at radius 3 is 2.71 bits per heavy atom. The largest absolute Gasteiger partial charge is 0.497 e. The van der Waals surface area contributed by atoms with Gasteiger partial charge in [0, 0.05) is 6.92 Å². The van der Waals surface area contributed by atoms with Crippen molar-refractivity contribution >= 4 is 23.6 Å². The van der Waals surface area contributed by atoms with E-state index < -0.39 is 0 Å². The Morgan fingerprint density at radius 1 is 1.35 bits per heavy atom. The minimum Gasteiger partial charge on any atom is -0.497 e. The number of methoxy groups -OCH3 is 1. The predicted octanol–water partition coefficient (Wildman–Crippen LogP) is 2.17. The van der Waals surface area contributed by atoms with Crippen molar-refractivity contribution in [1.29, 1.82) is 0 Å². The number of hydrogen-bond donors (Lipinski definition) is 1. The van der Waals surface area contributed by atoms with Gasteiger partial charge in [0.2, 0.25) is 5.91 Å². The number of carbonyl (C=O) groups excluding carboxylic acids is 1. The molecule has 0 unspecified atom stereocenters. The molecule has 0 bridgehead atoms. The molecule has 0 saturated carbocycles. The molecule has 0 aliphatic heterocycles. The molecule has 0 aliphatic rings. The molecule has 1 N–H and O–H groups in total. The van der Waals surface area contributed by atoms with Crippen LogP contribution in [0.25, 0.3) is 0 Å². The lowest BCUT2D eigenvalue weighted by atomic mass is 10.3. The van der Waals surface area contributed by atoms with Gasteiger partial charge in [0.15, 0.2) is 0 Å². The number of rotatable bonds is 6. The summed E-state index contributed by atoms with van der Waals surface area (Å²) in [6, 6.07) is 5.14. The van der Waals surface area contributed by atoms with Crippen LogP contribution in [0.5, 0.6) is 5.75 Å². The molecule has 0 atom stereocenters. The average molecular weight is 259 g/mol. The van der Waals surface area contributed by atoms with Crippen LogP contribution >= 0.6 is 12.0 Å². The number of anilines is 1. The van der Waals surface area contributed by atoms with Gasteiger partial charge < -0.3 is 10.1 Å². The molecule has 1 aromatic rings. The molecule has 7 heteroatoms. The van der Waals surface area contributed by atoms with Gasteiger partial charge in [-0.25, -0.2) is 4.89 Å². The quantitative estimate of drug-likeness (QED) is 0.365. The highest BCUT2D eigenvalue weighted by Crippen LogP contribution is 2.31. The van der Waals surface area contributed by atoms with E-state index in [1.807, 2.05) is 0 Å². The highest BCUT2D eigenvalue weighted by Gasteiger charge is 2.08. The fourth-order valence-corrected chi connectivity index (χ4v) is 1.60. The molecule has 94 valence electrons. The van der Waals surface area contributed by atoms with Crippen LogP contribution in [0.4, 0.5) is 5.69 Å². The van der Waals surface area contributed by atoms with E-state index >= 15 is 0 Å². The van der Waals surface area contributed by atoms with E-state index in [1.165, 1.54) is 14.0 Å². The Morgan fingerprint density at radius 2 is 2.12 bits per heavy atom. The van der Waals surface area contributed by atoms with Gasteiger partial charge in [-0.1, -0.05) is 5.04 Å². The van der Waals surface area contributed by atoms with Crippen molar-refractivity contribution in [2.24, 2.45) is 0 Å². The highest BCUT2D eigenvalue weighted by atomic mass is 32.2. The Kier molecular flexibility index (Phi) is 5.78. The van der Waals surface area contributed by atoms with Gasteiger partial charge in [0.25, 0.3) is 0 Å². The van der Waals surface area contributed by atoms with Gasteiger partial charge >= 0.3 is 0 Å². The third-order valence-electron chi connectivity index (χ3n) is 1.72. The number of benzene rings is 1. The number of ether oxygens (including phenoxy) is 1. The van der Waals surface area contributed by atoms with Crippen LogP contribution in [0.2, 0.25) is 0 Å². The zero-order valence-electron chi connectivity index (χ0n) is 9.68. The number of hydrogen-bond acceptors (Lipinski definition) is 6. The molecule has 0 aromatic heterocycles. The summed E-state index contributed by atoms with van der Waals surface area (Å²) in [6.07, 6.45) is 0. The summed E-state index contributed by atoms with van der Waals surface area (Å²) in [4.78, 5) is 15.9. The van der Waals surface area contributed by atoms with Crippen molar-refractivity contribution in [3.63, 3.8) is 0 Å². The fourth-order valence-electron chi connectivity index (χ4n) is 1.07. The van der Waals surface area contributed by atoms with Crippen molar-refractivity contribution in [1.82, 2.24) is 0 Å². The molecule has 0 heterocycles. The average Bonchev–Trinajstić information content (AvgIpc) is 2.30. The Labute approximate surface area is 103 Å². The van der Waals surface area contributed by atoms with E-state index in [0.29, 0.717) is 16.3 Å². The third kappa shape index (κ3) is 4.61. The van der Waals surface area contributed by atoms with E-state index in [0.717, 1.165) is 12.0 Å². The Hall–Kier alpha value is -1.28. The van der Waals surface area contributed by atoms with Gasteiger partial charge in [-0.3, -0.25) is 4.79 Å². The lowest BCUT2D eigenvalue weighted by Gasteiger charge is -2.09. The first-order valence-electron chi connectivity index (χ1n) is 4.67. The first-order chi connectivity index (χ1) is 8.17. The number of nitrogens with one attached hydrogen (secondary N) is 1. The second-order valence-electron chi connectivity index (χ2n) is 2.93. The molecule has 6 nitrogen and oxygen atoms in total. The maximum absolute atomic E-state index is 11.0. The first kappa shape index (κ1) is 13.8. The second-order valence-corrected chi connectivity index (χ2v) is 3.67. The second kappa shape index (κ2) is 7.13. The highest BCUT2D eigenvalue weighted by molar-refractivity contribution is 7.94. The van der Waals surface area contributed by atoms with Crippen molar-refractivity contribution in [2.45, 2.75) is 11.8 Å². The molecule has 0 spiro atoms. The van der Waals surface area contributed by atoms with Crippen molar-refractivity contribution in [2.75, 3.05) is 19.5 Å². The molecular formula is C10H13NO5S. The fraction of sp³-hybridized carbons (Fsp3) is 0.300. The van der Waals surface area contributed by atoms with Gasteiger partial charge in [-0.15, -0.1) is 4.33 Å². The Bertz CT molecular complexity index is 385. The molecular weight excluding hydrogens is 246 g/mol. The standard InChI is InChI=1S/C10H13NO5S/c1-7(12)11-9-5-4-8(13-2)6-10(9)17-16-15-14-3/h4-6H,1-3H3,(H,11,12). The zero-order valence-corrected chi connectivity index (χ0v) is 10.5. The monoisotopic (exact) mass is 259 g/mol. The van der Waals surface area contributed by atoms with Crippen LogP contribution in [0.1, 0.15) is 6.92 Å². The lowest BCUT2D eigenvalue weighted by molar-refractivity contribution is -0.447. The molecule has 0 fully saturated rings. The number of carbonyl (C=O) groups is 1. The van der Waals surface area contributed by atoms with Crippen LogP contribution in [0, 0.1) is 0 Å². The summed E-state index contributed by atoms with van der Waals surface area (Å²) >= 11 is 0.901. The zero-order chi connectivity index (χ0) is 12.7. The summed E-state index contributed by atoms with van der Waals surface area (Å²) < 4.78 is 9.75. The van der Waals surface area contributed by atoms with Gasteiger partial charge in [0.1, 0.15) is 5.75 Å². The Balaban J connectivity index is 2.82. The minimum atomic E-state index is -0.176. The molecule has 1 amide bonds. The lowest BCUT2D eigenvalue weighted by Crippen LogP contribution is -2.06. The van der Waals surface area contributed by atoms with E-state index in [2.05, 4.69) is 19.6 Å². The van der Waals surface area contributed by atoms with Crippen molar-refractivity contribution in [3.8, 4) is 5.75 Å². The topological polar surface area (TPSA) is 66.0 Å². The molecule has 17 heavy (non-hydrogen) atoms. The van der Waals surface area contributed by atoms with E-state index in [4.69, 9.17) is 4.74 Å². The van der Waals surface area contributed by atoms with E-state index in [9.17, 15) is 4.79 Å². The molecule has 0 radical (unpaired) electrons. The van der Waals surface area contributed by atoms with Gasteiger partial charge in [0.05, 0.1) is 36.8 Å². The molecule has 1 aromatic carbocycles. The SMILES string of the molecule is COOOSc1cc(OC)ccc1NC(C)=O. The van der Waals surface area contributed by atoms with Crippen LogP contribution < -0.4 is 10.1 Å².